The first-order valence-electron chi connectivity index (χ1n) is 3.81. The predicted octanol–water partition coefficient (Wildman–Crippen LogP) is 0.294. The van der Waals surface area contributed by atoms with Gasteiger partial charge in [0.2, 0.25) is 5.91 Å². The molecule has 0 aliphatic carbocycles. The fraction of sp³-hybridized carbons (Fsp3) is 0.625. The van der Waals surface area contributed by atoms with Gasteiger partial charge in [0.25, 0.3) is 0 Å². The fourth-order valence-corrected chi connectivity index (χ4v) is 1.06. The molecule has 0 radical (unpaired) electrons. The summed E-state index contributed by atoms with van der Waals surface area (Å²) in [6.45, 7) is 1.36. The summed E-state index contributed by atoms with van der Waals surface area (Å²) in [5.41, 5.74) is 0. The maximum absolute atomic E-state index is 11.3. The molecule has 0 N–H and O–H groups in total. The smallest absolute Gasteiger partial charge is 0.240 e. The predicted molar refractivity (Wildman–Crippen MR) is 44.0 cm³/mol. The van der Waals surface area contributed by atoms with Crippen LogP contribution >= 0.6 is 0 Å². The van der Waals surface area contributed by atoms with Crippen molar-refractivity contribution in [2.75, 3.05) is 27.2 Å². The topological polar surface area (TPSA) is 23.6 Å². The average molecular weight is 154 g/mol. The minimum absolute atomic E-state index is 0.184. The van der Waals surface area contributed by atoms with Crippen LogP contribution in [0.25, 0.3) is 0 Å². The van der Waals surface area contributed by atoms with Crippen molar-refractivity contribution in [1.82, 2.24) is 9.80 Å². The Labute approximate surface area is 67.3 Å². The standard InChI is InChI=1S/C8H14N2O/c1-9(2)7-8(11)10-5-3-4-6-10/h3,5H,4,6-7H2,1-2H3. The normalized spacial score (nSPS) is 16.5. The number of carbonyl (C=O) groups is 1. The van der Waals surface area contributed by atoms with E-state index in [1.807, 2.05) is 31.3 Å². The first-order valence-corrected chi connectivity index (χ1v) is 3.81. The summed E-state index contributed by atoms with van der Waals surface area (Å²) < 4.78 is 0. The minimum atomic E-state index is 0.184. The van der Waals surface area contributed by atoms with Gasteiger partial charge in [-0.05, 0) is 20.5 Å². The van der Waals surface area contributed by atoms with Crippen molar-refractivity contribution < 1.29 is 4.79 Å². The molecule has 0 aromatic carbocycles. The molecule has 0 aromatic rings. The van der Waals surface area contributed by atoms with Gasteiger partial charge < -0.3 is 9.80 Å². The van der Waals surface area contributed by atoms with Crippen molar-refractivity contribution in [1.29, 1.82) is 0 Å². The molecule has 3 heteroatoms. The zero-order chi connectivity index (χ0) is 8.27. The van der Waals surface area contributed by atoms with Crippen LogP contribution in [0.4, 0.5) is 0 Å². The van der Waals surface area contributed by atoms with Gasteiger partial charge in [-0.2, -0.15) is 0 Å². The number of carbonyl (C=O) groups excluding carboxylic acids is 1. The Kier molecular flexibility index (Phi) is 2.65. The quantitative estimate of drug-likeness (QED) is 0.571. The van der Waals surface area contributed by atoms with Crippen LogP contribution in [-0.4, -0.2) is 42.9 Å². The minimum Gasteiger partial charge on any atom is -0.318 e. The fourth-order valence-electron chi connectivity index (χ4n) is 1.06. The van der Waals surface area contributed by atoms with E-state index in [0.717, 1.165) is 13.0 Å². The third-order valence-electron chi connectivity index (χ3n) is 1.59. The second-order valence-electron chi connectivity index (χ2n) is 3.00. The Morgan fingerprint density at radius 2 is 2.36 bits per heavy atom. The number of nitrogens with zero attached hydrogens (tertiary/aromatic N) is 2. The number of hydrogen-bond acceptors (Lipinski definition) is 2. The second kappa shape index (κ2) is 3.53. The third-order valence-corrected chi connectivity index (χ3v) is 1.59. The SMILES string of the molecule is CN(C)CC(=O)N1C=CCC1. The van der Waals surface area contributed by atoms with Crippen molar-refractivity contribution >= 4 is 5.91 Å². The van der Waals surface area contributed by atoms with Crippen LogP contribution < -0.4 is 0 Å². The Morgan fingerprint density at radius 1 is 1.64 bits per heavy atom. The highest BCUT2D eigenvalue weighted by Crippen LogP contribution is 2.03. The molecule has 1 rings (SSSR count). The van der Waals surface area contributed by atoms with Crippen molar-refractivity contribution in [3.8, 4) is 0 Å². The van der Waals surface area contributed by atoms with E-state index in [-0.39, 0.29) is 5.91 Å². The van der Waals surface area contributed by atoms with Gasteiger partial charge in [0.1, 0.15) is 0 Å². The maximum Gasteiger partial charge on any atom is 0.240 e. The van der Waals surface area contributed by atoms with Gasteiger partial charge in [-0.25, -0.2) is 0 Å². The van der Waals surface area contributed by atoms with Gasteiger partial charge in [0, 0.05) is 12.7 Å². The molecule has 0 unspecified atom stereocenters. The van der Waals surface area contributed by atoms with Gasteiger partial charge in [0.15, 0.2) is 0 Å². The lowest BCUT2D eigenvalue weighted by atomic mass is 10.4. The highest BCUT2D eigenvalue weighted by molar-refractivity contribution is 5.79. The Balaban J connectivity index is 2.35. The van der Waals surface area contributed by atoms with E-state index in [1.165, 1.54) is 0 Å². The molecule has 1 heterocycles. The zero-order valence-electron chi connectivity index (χ0n) is 7.08. The highest BCUT2D eigenvalue weighted by Gasteiger charge is 2.13. The monoisotopic (exact) mass is 154 g/mol. The van der Waals surface area contributed by atoms with Crippen molar-refractivity contribution in [3.05, 3.63) is 12.3 Å². The molecule has 3 nitrogen and oxygen atoms in total. The summed E-state index contributed by atoms with van der Waals surface area (Å²) in [5, 5.41) is 0. The molecule has 1 aliphatic rings. The largest absolute Gasteiger partial charge is 0.318 e. The molecule has 62 valence electrons. The van der Waals surface area contributed by atoms with E-state index in [9.17, 15) is 4.79 Å². The number of rotatable bonds is 2. The molecular formula is C8H14N2O. The molecule has 1 amide bonds. The average Bonchev–Trinajstić information content (AvgIpc) is 2.35. The van der Waals surface area contributed by atoms with Crippen molar-refractivity contribution in [2.45, 2.75) is 6.42 Å². The summed E-state index contributed by atoms with van der Waals surface area (Å²) in [5.74, 6) is 0.184. The van der Waals surface area contributed by atoms with Crippen LogP contribution in [0.2, 0.25) is 0 Å². The lowest BCUT2D eigenvalue weighted by molar-refractivity contribution is -0.128. The van der Waals surface area contributed by atoms with E-state index in [1.54, 1.807) is 4.90 Å². The molecule has 11 heavy (non-hydrogen) atoms. The molecule has 0 spiro atoms. The van der Waals surface area contributed by atoms with Gasteiger partial charge in [0.05, 0.1) is 6.54 Å². The lowest BCUT2D eigenvalue weighted by Crippen LogP contribution is -2.33. The zero-order valence-corrected chi connectivity index (χ0v) is 7.08. The molecule has 0 saturated heterocycles. The summed E-state index contributed by atoms with van der Waals surface area (Å²) in [4.78, 5) is 14.9. The molecule has 0 aromatic heterocycles. The number of likely N-dealkylation sites (N-methyl/N-ethyl adjacent to an activating group) is 1. The van der Waals surface area contributed by atoms with Gasteiger partial charge in [-0.15, -0.1) is 0 Å². The van der Waals surface area contributed by atoms with Crippen LogP contribution in [0.5, 0.6) is 0 Å². The number of hydrogen-bond donors (Lipinski definition) is 0. The highest BCUT2D eigenvalue weighted by atomic mass is 16.2. The summed E-state index contributed by atoms with van der Waals surface area (Å²) in [7, 11) is 3.80. The van der Waals surface area contributed by atoms with E-state index in [4.69, 9.17) is 0 Å². The Morgan fingerprint density at radius 3 is 2.82 bits per heavy atom. The van der Waals surface area contributed by atoms with E-state index in [0.29, 0.717) is 6.54 Å². The van der Waals surface area contributed by atoms with Crippen LogP contribution in [0, 0.1) is 0 Å². The van der Waals surface area contributed by atoms with Crippen molar-refractivity contribution in [2.24, 2.45) is 0 Å². The van der Waals surface area contributed by atoms with E-state index in [2.05, 4.69) is 0 Å². The lowest BCUT2D eigenvalue weighted by Gasteiger charge is -2.16. The molecule has 0 fully saturated rings. The van der Waals surface area contributed by atoms with Gasteiger partial charge in [-0.3, -0.25) is 4.79 Å². The molecular weight excluding hydrogens is 140 g/mol. The summed E-state index contributed by atoms with van der Waals surface area (Å²) >= 11 is 0. The summed E-state index contributed by atoms with van der Waals surface area (Å²) in [6.07, 6.45) is 4.89. The number of amides is 1. The van der Waals surface area contributed by atoms with Gasteiger partial charge in [-0.1, -0.05) is 6.08 Å². The summed E-state index contributed by atoms with van der Waals surface area (Å²) in [6, 6.07) is 0. The van der Waals surface area contributed by atoms with Gasteiger partial charge >= 0.3 is 0 Å². The van der Waals surface area contributed by atoms with Crippen LogP contribution in [0.15, 0.2) is 12.3 Å². The molecule has 0 atom stereocenters. The Bertz CT molecular complexity index is 175. The van der Waals surface area contributed by atoms with E-state index < -0.39 is 0 Å². The first-order chi connectivity index (χ1) is 5.20. The third kappa shape index (κ3) is 2.35. The van der Waals surface area contributed by atoms with E-state index >= 15 is 0 Å². The van der Waals surface area contributed by atoms with Crippen molar-refractivity contribution in [3.63, 3.8) is 0 Å². The van der Waals surface area contributed by atoms with Crippen LogP contribution in [0.3, 0.4) is 0 Å². The van der Waals surface area contributed by atoms with Crippen LogP contribution in [0.1, 0.15) is 6.42 Å². The molecule has 1 aliphatic heterocycles. The maximum atomic E-state index is 11.3. The van der Waals surface area contributed by atoms with Crippen LogP contribution in [-0.2, 0) is 4.79 Å². The Hall–Kier alpha value is -0.830. The second-order valence-corrected chi connectivity index (χ2v) is 3.00. The molecule has 0 saturated carbocycles. The first kappa shape index (κ1) is 8.27. The molecule has 0 bridgehead atoms.